The van der Waals surface area contributed by atoms with Gasteiger partial charge in [0.2, 0.25) is 0 Å². The van der Waals surface area contributed by atoms with E-state index in [1.54, 1.807) is 0 Å². The van der Waals surface area contributed by atoms with Crippen molar-refractivity contribution in [2.75, 3.05) is 6.54 Å². The summed E-state index contributed by atoms with van der Waals surface area (Å²) in [4.78, 5) is 21.8. The number of rotatable bonds is 4. The van der Waals surface area contributed by atoms with Crippen LogP contribution in [0.5, 0.6) is 0 Å². The van der Waals surface area contributed by atoms with Gasteiger partial charge in [0, 0.05) is 0 Å². The van der Waals surface area contributed by atoms with Crippen molar-refractivity contribution < 1.29 is 14.8 Å². The van der Waals surface area contributed by atoms with Crippen molar-refractivity contribution in [2.24, 2.45) is 0 Å². The molecule has 0 atom stereocenters. The first kappa shape index (κ1) is 12.7. The standard InChI is InChI=1S/C11H10N2O4/c1-2-6-12-11(15)9-5-3-4-8(7-14)10(9)13(16)17/h1,3-5,14H,6-7H2,(H,12,15). The predicted octanol–water partition coefficient (Wildman–Crippen LogP) is 0.450. The number of nitrogens with one attached hydrogen (secondary N) is 1. The summed E-state index contributed by atoms with van der Waals surface area (Å²) in [6, 6.07) is 4.16. The highest BCUT2D eigenvalue weighted by atomic mass is 16.6. The summed E-state index contributed by atoms with van der Waals surface area (Å²) in [5, 5.41) is 22.2. The summed E-state index contributed by atoms with van der Waals surface area (Å²) in [7, 11) is 0. The number of aliphatic hydroxyl groups excluding tert-OH is 1. The highest BCUT2D eigenvalue weighted by Crippen LogP contribution is 2.23. The molecule has 0 radical (unpaired) electrons. The molecule has 0 aliphatic carbocycles. The molecule has 17 heavy (non-hydrogen) atoms. The Balaban J connectivity index is 3.19. The lowest BCUT2D eigenvalue weighted by Gasteiger charge is -2.05. The van der Waals surface area contributed by atoms with Crippen LogP contribution in [0.15, 0.2) is 18.2 Å². The maximum Gasteiger partial charge on any atom is 0.287 e. The number of benzene rings is 1. The molecule has 0 heterocycles. The SMILES string of the molecule is C#CCNC(=O)c1cccc(CO)c1[N+](=O)[O-]. The Morgan fingerprint density at radius 2 is 2.29 bits per heavy atom. The van der Waals surface area contributed by atoms with Gasteiger partial charge in [-0.05, 0) is 12.1 Å². The lowest BCUT2D eigenvalue weighted by molar-refractivity contribution is -0.386. The van der Waals surface area contributed by atoms with Gasteiger partial charge in [-0.1, -0.05) is 12.0 Å². The molecule has 0 bridgehead atoms. The molecule has 0 saturated heterocycles. The third kappa shape index (κ3) is 2.80. The van der Waals surface area contributed by atoms with Crippen molar-refractivity contribution in [1.29, 1.82) is 0 Å². The molecule has 1 aromatic carbocycles. The van der Waals surface area contributed by atoms with E-state index in [0.717, 1.165) is 0 Å². The summed E-state index contributed by atoms with van der Waals surface area (Å²) in [5.41, 5.74) is -0.426. The molecule has 6 nitrogen and oxygen atoms in total. The summed E-state index contributed by atoms with van der Waals surface area (Å²) >= 11 is 0. The van der Waals surface area contributed by atoms with E-state index in [9.17, 15) is 14.9 Å². The second-order valence-electron chi connectivity index (χ2n) is 3.12. The number of hydrogen-bond donors (Lipinski definition) is 2. The highest BCUT2D eigenvalue weighted by Gasteiger charge is 2.23. The number of nitro benzene ring substituents is 1. The Morgan fingerprint density at radius 3 is 2.82 bits per heavy atom. The van der Waals surface area contributed by atoms with E-state index in [2.05, 4.69) is 11.2 Å². The number of para-hydroxylation sites is 1. The van der Waals surface area contributed by atoms with E-state index < -0.39 is 23.1 Å². The van der Waals surface area contributed by atoms with Crippen LogP contribution in [0.2, 0.25) is 0 Å². The number of nitrogens with zero attached hydrogens (tertiary/aromatic N) is 1. The number of nitro groups is 1. The molecule has 0 unspecified atom stereocenters. The van der Waals surface area contributed by atoms with Crippen LogP contribution in [0.1, 0.15) is 15.9 Å². The fraction of sp³-hybridized carbons (Fsp3) is 0.182. The van der Waals surface area contributed by atoms with Crippen LogP contribution in [-0.4, -0.2) is 22.5 Å². The minimum Gasteiger partial charge on any atom is -0.391 e. The molecule has 0 fully saturated rings. The molecule has 0 saturated carbocycles. The Morgan fingerprint density at radius 1 is 1.59 bits per heavy atom. The largest absolute Gasteiger partial charge is 0.391 e. The first-order valence-electron chi connectivity index (χ1n) is 4.70. The maximum absolute atomic E-state index is 11.6. The molecule has 0 aliphatic rings. The molecule has 6 heteroatoms. The van der Waals surface area contributed by atoms with Crippen LogP contribution in [0.25, 0.3) is 0 Å². The third-order valence-corrected chi connectivity index (χ3v) is 2.07. The van der Waals surface area contributed by atoms with Crippen LogP contribution in [-0.2, 0) is 6.61 Å². The van der Waals surface area contributed by atoms with E-state index in [4.69, 9.17) is 11.5 Å². The molecule has 1 amide bonds. The zero-order chi connectivity index (χ0) is 12.8. The van der Waals surface area contributed by atoms with Crippen LogP contribution >= 0.6 is 0 Å². The van der Waals surface area contributed by atoms with Gasteiger partial charge in [0.25, 0.3) is 11.6 Å². The number of terminal acetylenes is 1. The fourth-order valence-electron chi connectivity index (χ4n) is 1.34. The van der Waals surface area contributed by atoms with Gasteiger partial charge in [-0.25, -0.2) is 0 Å². The van der Waals surface area contributed by atoms with Gasteiger partial charge in [0.05, 0.1) is 23.6 Å². The minimum absolute atomic E-state index is 0.0145. The maximum atomic E-state index is 11.6. The lowest BCUT2D eigenvalue weighted by atomic mass is 10.1. The van der Waals surface area contributed by atoms with Crippen molar-refractivity contribution in [3.8, 4) is 12.3 Å². The van der Waals surface area contributed by atoms with Crippen molar-refractivity contribution in [3.05, 3.63) is 39.4 Å². The quantitative estimate of drug-likeness (QED) is 0.449. The third-order valence-electron chi connectivity index (χ3n) is 2.07. The summed E-state index contributed by atoms with van der Waals surface area (Å²) in [6.07, 6.45) is 4.97. The number of carbonyl (C=O) groups is 1. The van der Waals surface area contributed by atoms with Crippen molar-refractivity contribution >= 4 is 11.6 Å². The van der Waals surface area contributed by atoms with Crippen LogP contribution < -0.4 is 5.32 Å². The molecule has 1 aromatic rings. The molecule has 88 valence electrons. The van der Waals surface area contributed by atoms with Crippen LogP contribution in [0.3, 0.4) is 0 Å². The molecular weight excluding hydrogens is 224 g/mol. The van der Waals surface area contributed by atoms with Crippen molar-refractivity contribution in [2.45, 2.75) is 6.61 Å². The molecule has 2 N–H and O–H groups in total. The zero-order valence-electron chi connectivity index (χ0n) is 8.84. The Hall–Kier alpha value is -2.39. The highest BCUT2D eigenvalue weighted by molar-refractivity contribution is 5.98. The van der Waals surface area contributed by atoms with Crippen molar-refractivity contribution in [1.82, 2.24) is 5.32 Å². The van der Waals surface area contributed by atoms with Crippen molar-refractivity contribution in [3.63, 3.8) is 0 Å². The average Bonchev–Trinajstić information content (AvgIpc) is 2.34. The Kier molecular flexibility index (Phi) is 4.20. The minimum atomic E-state index is -0.698. The van der Waals surface area contributed by atoms with Gasteiger partial charge in [0.1, 0.15) is 5.56 Å². The van der Waals surface area contributed by atoms with Gasteiger partial charge < -0.3 is 10.4 Å². The van der Waals surface area contributed by atoms with Gasteiger partial charge in [-0.2, -0.15) is 0 Å². The lowest BCUT2D eigenvalue weighted by Crippen LogP contribution is -2.24. The van der Waals surface area contributed by atoms with Crippen LogP contribution in [0, 0.1) is 22.5 Å². The molecular formula is C11H10N2O4. The second kappa shape index (κ2) is 5.63. The van der Waals surface area contributed by atoms with E-state index in [-0.39, 0.29) is 17.7 Å². The van der Waals surface area contributed by atoms with Gasteiger partial charge in [-0.3, -0.25) is 14.9 Å². The first-order chi connectivity index (χ1) is 8.11. The fourth-order valence-corrected chi connectivity index (χ4v) is 1.34. The molecule has 0 aliphatic heterocycles. The van der Waals surface area contributed by atoms with Gasteiger partial charge >= 0.3 is 0 Å². The first-order valence-corrected chi connectivity index (χ1v) is 4.70. The predicted molar refractivity (Wildman–Crippen MR) is 60.2 cm³/mol. The number of amides is 1. The number of aliphatic hydroxyl groups is 1. The topological polar surface area (TPSA) is 92.5 Å². The summed E-state index contributed by atoms with van der Waals surface area (Å²) < 4.78 is 0. The zero-order valence-corrected chi connectivity index (χ0v) is 8.84. The number of hydrogen-bond acceptors (Lipinski definition) is 4. The Bertz CT molecular complexity index is 491. The summed E-state index contributed by atoms with van der Waals surface area (Å²) in [5.74, 6) is 1.56. The second-order valence-corrected chi connectivity index (χ2v) is 3.12. The molecule has 0 aromatic heterocycles. The average molecular weight is 234 g/mol. The van der Waals surface area contributed by atoms with E-state index in [1.165, 1.54) is 18.2 Å². The monoisotopic (exact) mass is 234 g/mol. The molecule has 0 spiro atoms. The normalized spacial score (nSPS) is 9.41. The van der Waals surface area contributed by atoms with E-state index >= 15 is 0 Å². The Labute approximate surface area is 97.4 Å². The smallest absolute Gasteiger partial charge is 0.287 e. The molecule has 1 rings (SSSR count). The summed E-state index contributed by atoms with van der Waals surface area (Å²) in [6.45, 7) is -0.522. The number of carbonyl (C=O) groups excluding carboxylic acids is 1. The van der Waals surface area contributed by atoms with E-state index in [0.29, 0.717) is 0 Å². The van der Waals surface area contributed by atoms with E-state index in [1.807, 2.05) is 0 Å². The van der Waals surface area contributed by atoms with Crippen LogP contribution in [0.4, 0.5) is 5.69 Å². The van der Waals surface area contributed by atoms with Gasteiger partial charge in [0.15, 0.2) is 0 Å². The van der Waals surface area contributed by atoms with Gasteiger partial charge in [-0.15, -0.1) is 6.42 Å².